The van der Waals surface area contributed by atoms with Crippen LogP contribution in [-0.4, -0.2) is 71.6 Å². The molecule has 0 saturated carbocycles. The number of hydrogen-bond acceptors (Lipinski definition) is 8. The van der Waals surface area contributed by atoms with Gasteiger partial charge in [-0.3, -0.25) is 0 Å². The van der Waals surface area contributed by atoms with Crippen molar-refractivity contribution >= 4 is 51.2 Å². The second-order valence-electron chi connectivity index (χ2n) is 13.4. The fraction of sp³-hybridized carbons (Fsp3) is 0. The number of carbonyl (C=O) groups is 4. The van der Waals surface area contributed by atoms with Crippen LogP contribution in [0.1, 0.15) is 41.4 Å². The second-order valence-corrected chi connectivity index (χ2v) is 13.4. The summed E-state index contributed by atoms with van der Waals surface area (Å²) >= 11 is 0. The molecular formula is C52H36O12Pb-4. The predicted octanol–water partition coefficient (Wildman–Crippen LogP) is 8.12. The van der Waals surface area contributed by atoms with E-state index in [-0.39, 0.29) is 49.6 Å². The molecule has 4 radical (unpaired) electrons. The first-order valence-corrected chi connectivity index (χ1v) is 19.1. The molecule has 0 atom stereocenters. The number of carboxylic acids is 4. The minimum Gasteiger partial charge on any atom is -0.871 e. The maximum atomic E-state index is 11.8. The number of aromatic carboxylic acids is 4. The number of benzene rings is 8. The Morgan fingerprint density at radius 3 is 0.585 bits per heavy atom. The summed E-state index contributed by atoms with van der Waals surface area (Å²) in [5.41, 5.74) is 3.82. The molecule has 8 aromatic rings. The maximum Gasteiger partial charge on any atom is 0.335 e. The molecule has 0 aromatic heterocycles. The normalized spacial score (nSPS) is 9.85. The fourth-order valence-corrected chi connectivity index (χ4v) is 6.20. The Kier molecular flexibility index (Phi) is 18.1. The van der Waals surface area contributed by atoms with Crippen LogP contribution in [0.15, 0.2) is 194 Å². The molecule has 12 nitrogen and oxygen atoms in total. The molecule has 8 aromatic carbocycles. The molecular weight excluding hydrogens is 1020 g/mol. The molecule has 0 aliphatic rings. The SMILES string of the molecule is O=C(O)c1cccc(-c2ccccc2)c1[O-].O=C(O)c1cccc(-c2ccccc2)c1[O-].O=C(O)c1cccc(-c2ccccc2)c1[O-].O=C(O)c1cccc(-c2ccccc2)c1[O-].[Pb]. The smallest absolute Gasteiger partial charge is 0.335 e. The van der Waals surface area contributed by atoms with Crippen LogP contribution in [0.5, 0.6) is 23.0 Å². The van der Waals surface area contributed by atoms with Crippen molar-refractivity contribution in [1.82, 2.24) is 0 Å². The Morgan fingerprint density at radius 1 is 0.262 bits per heavy atom. The third kappa shape index (κ3) is 12.9. The average molecular weight is 1060 g/mol. The monoisotopic (exact) mass is 1060 g/mol. The van der Waals surface area contributed by atoms with E-state index in [0.717, 1.165) is 22.3 Å². The standard InChI is InChI=1S/4C13H10O3.Pb/c4*14-12-10(9-5-2-1-3-6-9)7-4-8-11(12)13(15)16;/h4*1-8,14H,(H,15,16);/p-4. The molecule has 0 spiro atoms. The van der Waals surface area contributed by atoms with Gasteiger partial charge in [-0.2, -0.15) is 0 Å². The number of hydrogen-bond donors (Lipinski definition) is 4. The van der Waals surface area contributed by atoms with Gasteiger partial charge in [0.05, 0.1) is 22.3 Å². The number of rotatable bonds is 8. The number of carboxylic acid groups (broad SMARTS) is 4. The minimum atomic E-state index is -1.19. The van der Waals surface area contributed by atoms with Gasteiger partial charge in [-0.1, -0.05) is 193 Å². The van der Waals surface area contributed by atoms with Gasteiger partial charge in [-0.15, -0.1) is 0 Å². The first-order chi connectivity index (χ1) is 30.8. The van der Waals surface area contributed by atoms with Gasteiger partial charge in [0.25, 0.3) is 0 Å². The van der Waals surface area contributed by atoms with Crippen molar-refractivity contribution < 1.29 is 60.0 Å². The first-order valence-electron chi connectivity index (χ1n) is 19.1. The Morgan fingerprint density at radius 2 is 0.431 bits per heavy atom. The summed E-state index contributed by atoms with van der Waals surface area (Å²) in [5, 5.41) is 82.7. The molecule has 0 heterocycles. The summed E-state index contributed by atoms with van der Waals surface area (Å²) in [6.07, 6.45) is 0. The minimum absolute atomic E-state index is 0. The van der Waals surface area contributed by atoms with Gasteiger partial charge < -0.3 is 40.9 Å². The topological polar surface area (TPSA) is 241 Å². The summed E-state index contributed by atoms with van der Waals surface area (Å²) in [5.74, 6) is -6.54. The van der Waals surface area contributed by atoms with Crippen molar-refractivity contribution in [2.45, 2.75) is 0 Å². The average Bonchev–Trinajstić information content (AvgIpc) is 3.31. The summed E-state index contributed by atoms with van der Waals surface area (Å²) in [4.78, 5) is 43.2. The molecule has 65 heavy (non-hydrogen) atoms. The van der Waals surface area contributed by atoms with Crippen LogP contribution >= 0.6 is 0 Å². The van der Waals surface area contributed by atoms with Crippen molar-refractivity contribution in [2.24, 2.45) is 0 Å². The van der Waals surface area contributed by atoms with E-state index in [1.807, 2.05) is 72.8 Å². The van der Waals surface area contributed by atoms with E-state index in [9.17, 15) is 39.6 Å². The Hall–Kier alpha value is -8.24. The van der Waals surface area contributed by atoms with E-state index < -0.39 is 46.9 Å². The quantitative estimate of drug-likeness (QED) is 0.106. The largest absolute Gasteiger partial charge is 0.871 e. The summed E-state index contributed by atoms with van der Waals surface area (Å²) in [7, 11) is 0. The summed E-state index contributed by atoms with van der Waals surface area (Å²) in [6, 6.07) is 54.2. The van der Waals surface area contributed by atoms with E-state index in [2.05, 4.69) is 0 Å². The molecule has 324 valence electrons. The second kappa shape index (κ2) is 23.8. The predicted molar refractivity (Wildman–Crippen MR) is 239 cm³/mol. The van der Waals surface area contributed by atoms with Gasteiger partial charge in [-0.05, 0) is 68.8 Å². The van der Waals surface area contributed by atoms with Crippen LogP contribution in [-0.2, 0) is 0 Å². The van der Waals surface area contributed by atoms with Crippen LogP contribution < -0.4 is 20.4 Å². The molecule has 4 N–H and O–H groups in total. The van der Waals surface area contributed by atoms with Crippen LogP contribution in [0, 0.1) is 0 Å². The molecule has 8 rings (SSSR count). The third-order valence-electron chi connectivity index (χ3n) is 9.32. The summed E-state index contributed by atoms with van der Waals surface area (Å²) in [6.45, 7) is 0. The molecule has 0 aliphatic carbocycles. The van der Waals surface area contributed by atoms with Crippen molar-refractivity contribution in [2.75, 3.05) is 0 Å². The summed E-state index contributed by atoms with van der Waals surface area (Å²) < 4.78 is 0. The van der Waals surface area contributed by atoms with E-state index >= 15 is 0 Å². The van der Waals surface area contributed by atoms with Gasteiger partial charge in [0.2, 0.25) is 0 Å². The zero-order chi connectivity index (χ0) is 46.2. The molecule has 0 amide bonds. The third-order valence-corrected chi connectivity index (χ3v) is 9.32. The van der Waals surface area contributed by atoms with E-state index in [1.54, 1.807) is 97.1 Å². The molecule has 0 fully saturated rings. The van der Waals surface area contributed by atoms with Gasteiger partial charge in [0.15, 0.2) is 0 Å². The van der Waals surface area contributed by atoms with Gasteiger partial charge in [0, 0.05) is 27.3 Å². The fourth-order valence-electron chi connectivity index (χ4n) is 6.20. The molecule has 0 bridgehead atoms. The Balaban J connectivity index is 0.000000189. The molecule has 0 aliphatic heterocycles. The molecule has 0 unspecified atom stereocenters. The van der Waals surface area contributed by atoms with Gasteiger partial charge in [0.1, 0.15) is 0 Å². The first kappa shape index (κ1) is 49.4. The van der Waals surface area contributed by atoms with Crippen molar-refractivity contribution in [3.63, 3.8) is 0 Å². The van der Waals surface area contributed by atoms with Crippen LogP contribution in [0.3, 0.4) is 0 Å². The zero-order valence-electron chi connectivity index (χ0n) is 34.0. The Bertz CT molecular complexity index is 2480. The van der Waals surface area contributed by atoms with Crippen molar-refractivity contribution in [1.29, 1.82) is 0 Å². The number of para-hydroxylation sites is 4. The molecule has 13 heteroatoms. The van der Waals surface area contributed by atoms with Crippen LogP contribution in [0.4, 0.5) is 0 Å². The van der Waals surface area contributed by atoms with E-state index in [4.69, 9.17) is 20.4 Å². The van der Waals surface area contributed by atoms with E-state index in [1.165, 1.54) is 24.3 Å². The van der Waals surface area contributed by atoms with Crippen LogP contribution in [0.2, 0.25) is 0 Å². The van der Waals surface area contributed by atoms with E-state index in [0.29, 0.717) is 22.3 Å². The van der Waals surface area contributed by atoms with Crippen molar-refractivity contribution in [3.8, 4) is 67.5 Å². The Labute approximate surface area is 393 Å². The van der Waals surface area contributed by atoms with Gasteiger partial charge >= 0.3 is 23.9 Å². The maximum absolute atomic E-state index is 11.8. The molecule has 0 saturated heterocycles. The van der Waals surface area contributed by atoms with Gasteiger partial charge in [-0.25, -0.2) is 19.2 Å². The van der Waals surface area contributed by atoms with Crippen molar-refractivity contribution in [3.05, 3.63) is 216 Å². The zero-order valence-corrected chi connectivity index (χ0v) is 37.9. The van der Waals surface area contributed by atoms with Crippen LogP contribution in [0.25, 0.3) is 44.5 Å².